The average Bonchev–Trinajstić information content (AvgIpc) is 2.14. The second-order valence-electron chi connectivity index (χ2n) is 7.23. The quantitative estimate of drug-likeness (QED) is 0.705. The second kappa shape index (κ2) is 6.14. The largest absolute Gasteiger partial charge is 0.439 e. The molecule has 0 spiro atoms. The van der Waals surface area contributed by atoms with Gasteiger partial charge in [-0.2, -0.15) is 0 Å². The van der Waals surface area contributed by atoms with Crippen molar-refractivity contribution in [2.24, 2.45) is 0 Å². The summed E-state index contributed by atoms with van der Waals surface area (Å²) in [5.41, 5.74) is 0.780. The molecule has 0 bridgehead atoms. The second-order valence-corrected chi connectivity index (χ2v) is 19.2. The smallest absolute Gasteiger partial charge is 0.304 e. The molecule has 5 heteroatoms. The van der Waals surface area contributed by atoms with Gasteiger partial charge >= 0.3 is 9.28 Å². The van der Waals surface area contributed by atoms with Crippen molar-refractivity contribution in [3.05, 3.63) is 0 Å². The Balaban J connectivity index is 2.63. The molecule has 17 heavy (non-hydrogen) atoms. The van der Waals surface area contributed by atoms with E-state index in [1.165, 1.54) is 32.1 Å². The first-order valence-electron chi connectivity index (χ1n) is 7.03. The monoisotopic (exact) mass is 290 g/mol. The maximum atomic E-state index is 6.44. The number of rotatable bonds is 5. The summed E-state index contributed by atoms with van der Waals surface area (Å²) in [7, 11) is -4.33. The summed E-state index contributed by atoms with van der Waals surface area (Å²) in [4.78, 5) is 0. The molecule has 102 valence electrons. The van der Waals surface area contributed by atoms with Crippen LogP contribution in [0.4, 0.5) is 0 Å². The molecule has 1 saturated carbocycles. The van der Waals surface area contributed by atoms with Crippen LogP contribution in [0.25, 0.3) is 0 Å². The lowest BCUT2D eigenvalue weighted by Crippen LogP contribution is -2.46. The van der Waals surface area contributed by atoms with Gasteiger partial charge in [0.15, 0.2) is 16.6 Å². The highest BCUT2D eigenvalue weighted by Crippen LogP contribution is 2.34. The van der Waals surface area contributed by atoms with Gasteiger partial charge in [0.25, 0.3) is 0 Å². The normalized spacial score (nSPS) is 19.9. The Morgan fingerprint density at radius 1 is 0.765 bits per heavy atom. The maximum Gasteiger partial charge on any atom is 0.304 e. The van der Waals surface area contributed by atoms with E-state index >= 15 is 0 Å². The molecule has 1 aliphatic rings. The van der Waals surface area contributed by atoms with Crippen LogP contribution >= 0.6 is 0 Å². The van der Waals surface area contributed by atoms with Crippen molar-refractivity contribution in [1.82, 2.24) is 0 Å². The van der Waals surface area contributed by atoms with Crippen LogP contribution in [0.15, 0.2) is 0 Å². The van der Waals surface area contributed by atoms with Crippen LogP contribution in [0.3, 0.4) is 0 Å². The van der Waals surface area contributed by atoms with E-state index in [4.69, 9.17) is 8.23 Å². The van der Waals surface area contributed by atoms with E-state index in [2.05, 4.69) is 39.3 Å². The number of hydrogen-bond acceptors (Lipinski definition) is 2. The molecule has 1 fully saturated rings. The van der Waals surface area contributed by atoms with Crippen LogP contribution in [0.5, 0.6) is 0 Å². The fourth-order valence-electron chi connectivity index (χ4n) is 2.32. The summed E-state index contributed by atoms with van der Waals surface area (Å²) in [5.74, 6) is 0. The molecule has 0 aliphatic heterocycles. The fraction of sp³-hybridized carbons (Fsp3) is 1.00. The van der Waals surface area contributed by atoms with E-state index in [9.17, 15) is 0 Å². The van der Waals surface area contributed by atoms with E-state index in [1.807, 2.05) is 0 Å². The molecule has 2 nitrogen and oxygen atoms in total. The topological polar surface area (TPSA) is 18.5 Å². The Kier molecular flexibility index (Phi) is 5.65. The summed E-state index contributed by atoms with van der Waals surface area (Å²) < 4.78 is 12.9. The van der Waals surface area contributed by atoms with Gasteiger partial charge in [-0.15, -0.1) is 0 Å². The molecule has 0 heterocycles. The summed E-state index contributed by atoms with van der Waals surface area (Å²) >= 11 is 0. The van der Waals surface area contributed by atoms with Gasteiger partial charge in [0, 0.05) is 0 Å². The van der Waals surface area contributed by atoms with E-state index in [-0.39, 0.29) is 0 Å². The molecule has 0 N–H and O–H groups in total. The fourth-order valence-corrected chi connectivity index (χ4v) is 11.1. The minimum Gasteiger partial charge on any atom is -0.439 e. The van der Waals surface area contributed by atoms with Crippen molar-refractivity contribution < 1.29 is 8.23 Å². The van der Waals surface area contributed by atoms with Gasteiger partial charge in [0.05, 0.1) is 0 Å². The minimum absolute atomic E-state index is 0.780. The lowest BCUT2D eigenvalue weighted by Gasteiger charge is -2.36. The predicted octanol–water partition coefficient (Wildman–Crippen LogP) is 4.24. The summed E-state index contributed by atoms with van der Waals surface area (Å²) in [6, 6.07) is 0. The molecule has 0 amide bonds. The van der Waals surface area contributed by atoms with E-state index < -0.39 is 25.9 Å². The highest BCUT2D eigenvalue weighted by molar-refractivity contribution is 6.81. The molecular weight excluding hydrogens is 260 g/mol. The van der Waals surface area contributed by atoms with Crippen LogP contribution in [-0.4, -0.2) is 25.9 Å². The summed E-state index contributed by atoms with van der Waals surface area (Å²) in [6.07, 6.45) is 6.89. The highest BCUT2D eigenvalue weighted by atomic mass is 28.4. The van der Waals surface area contributed by atoms with E-state index in [1.54, 1.807) is 0 Å². The van der Waals surface area contributed by atoms with Crippen LogP contribution in [0, 0.1) is 0 Å². The lowest BCUT2D eigenvalue weighted by molar-refractivity contribution is 0.362. The standard InChI is InChI=1S/C12H30O2Si3/c1-16(2,3)13-15(14-17(4,5)6)12-10-8-7-9-11-12/h12,15H,7-11H2,1-6H3. The van der Waals surface area contributed by atoms with Gasteiger partial charge in [0.1, 0.15) is 0 Å². The zero-order valence-corrected chi connectivity index (χ0v) is 15.7. The van der Waals surface area contributed by atoms with Crippen molar-refractivity contribution in [2.45, 2.75) is 76.9 Å². The zero-order valence-electron chi connectivity index (χ0n) is 12.5. The lowest BCUT2D eigenvalue weighted by atomic mass is 10.0. The van der Waals surface area contributed by atoms with Gasteiger partial charge in [-0.3, -0.25) is 0 Å². The molecule has 0 radical (unpaired) electrons. The van der Waals surface area contributed by atoms with Gasteiger partial charge < -0.3 is 8.23 Å². The molecule has 0 aromatic carbocycles. The SMILES string of the molecule is C[Si](C)(C)O[SiH](O[Si](C)(C)C)C1CCCCC1. The molecule has 1 rings (SSSR count). The Morgan fingerprint density at radius 2 is 1.18 bits per heavy atom. The predicted molar refractivity (Wildman–Crippen MR) is 82.8 cm³/mol. The zero-order chi connectivity index (χ0) is 13.1. The molecule has 0 aromatic rings. The van der Waals surface area contributed by atoms with Crippen molar-refractivity contribution in [3.63, 3.8) is 0 Å². The van der Waals surface area contributed by atoms with Crippen molar-refractivity contribution in [2.75, 3.05) is 0 Å². The van der Waals surface area contributed by atoms with Crippen LogP contribution < -0.4 is 0 Å². The van der Waals surface area contributed by atoms with E-state index in [0.29, 0.717) is 0 Å². The third kappa shape index (κ3) is 6.91. The van der Waals surface area contributed by atoms with Gasteiger partial charge in [-0.05, 0) is 57.7 Å². The summed E-state index contributed by atoms with van der Waals surface area (Å²) in [6.45, 7) is 13.8. The van der Waals surface area contributed by atoms with Crippen LogP contribution in [-0.2, 0) is 8.23 Å². The molecule has 0 saturated heterocycles. The van der Waals surface area contributed by atoms with Crippen molar-refractivity contribution in [3.8, 4) is 0 Å². The minimum atomic E-state index is -1.45. The highest BCUT2D eigenvalue weighted by Gasteiger charge is 2.35. The molecule has 1 aliphatic carbocycles. The Bertz CT molecular complexity index is 211. The van der Waals surface area contributed by atoms with Crippen molar-refractivity contribution in [1.29, 1.82) is 0 Å². The van der Waals surface area contributed by atoms with Crippen LogP contribution in [0.1, 0.15) is 32.1 Å². The Morgan fingerprint density at radius 3 is 1.53 bits per heavy atom. The first-order chi connectivity index (χ1) is 7.67. The van der Waals surface area contributed by atoms with Crippen molar-refractivity contribution >= 4 is 25.9 Å². The maximum absolute atomic E-state index is 6.44. The third-order valence-corrected chi connectivity index (χ3v) is 11.9. The van der Waals surface area contributed by atoms with Crippen LogP contribution in [0.2, 0.25) is 44.8 Å². The molecule has 0 atom stereocenters. The van der Waals surface area contributed by atoms with Gasteiger partial charge in [-0.1, -0.05) is 19.3 Å². The third-order valence-electron chi connectivity index (χ3n) is 2.97. The molecular formula is C12H30O2Si3. The first kappa shape index (κ1) is 15.6. The van der Waals surface area contributed by atoms with Gasteiger partial charge in [-0.25, -0.2) is 0 Å². The number of hydrogen-bond donors (Lipinski definition) is 0. The molecule has 0 unspecified atom stereocenters. The molecule has 0 aromatic heterocycles. The Labute approximate surface area is 111 Å². The van der Waals surface area contributed by atoms with E-state index in [0.717, 1.165) is 5.54 Å². The first-order valence-corrected chi connectivity index (χ1v) is 15.5. The summed E-state index contributed by atoms with van der Waals surface area (Å²) in [5, 5.41) is 0. The average molecular weight is 291 g/mol. The van der Waals surface area contributed by atoms with Gasteiger partial charge in [0.2, 0.25) is 0 Å². The Hall–Kier alpha value is 0.571.